The monoisotopic (exact) mass is 454 g/mol. The average Bonchev–Trinajstić information content (AvgIpc) is 3.08. The number of aromatic nitrogens is 1. The largest absolute Gasteiger partial charge is 0.494 e. The second-order valence-electron chi connectivity index (χ2n) is 7.96. The van der Waals surface area contributed by atoms with Gasteiger partial charge in [0.1, 0.15) is 6.04 Å². The van der Waals surface area contributed by atoms with E-state index in [0.717, 1.165) is 16.5 Å². The van der Waals surface area contributed by atoms with Crippen LogP contribution in [0.1, 0.15) is 30.0 Å². The van der Waals surface area contributed by atoms with Gasteiger partial charge in [0.25, 0.3) is 0 Å². The van der Waals surface area contributed by atoms with Crippen LogP contribution in [0.25, 0.3) is 10.8 Å². The second kappa shape index (κ2) is 8.55. The number of aryl methyl sites for hydroxylation is 1. The van der Waals surface area contributed by atoms with Crippen LogP contribution in [0.15, 0.2) is 42.6 Å². The molecule has 1 aromatic heterocycles. The molecule has 0 aliphatic carbocycles. The van der Waals surface area contributed by atoms with Crippen LogP contribution in [-0.4, -0.2) is 39.5 Å². The van der Waals surface area contributed by atoms with Crippen molar-refractivity contribution in [1.29, 1.82) is 0 Å². The van der Waals surface area contributed by atoms with Gasteiger partial charge in [-0.2, -0.15) is 0 Å². The Bertz CT molecular complexity index is 1240. The van der Waals surface area contributed by atoms with Crippen molar-refractivity contribution in [3.63, 3.8) is 0 Å². The Balaban J connectivity index is 1.56. The van der Waals surface area contributed by atoms with Gasteiger partial charge in [-0.1, -0.05) is 29.8 Å². The molecule has 3 N–H and O–H groups in total. The number of carbonyl (C=O) groups is 3. The third-order valence-electron chi connectivity index (χ3n) is 5.67. The summed E-state index contributed by atoms with van der Waals surface area (Å²) in [6.45, 7) is 2.17. The molecule has 3 aromatic rings. The highest BCUT2D eigenvalue weighted by Gasteiger charge is 2.30. The van der Waals surface area contributed by atoms with Crippen molar-refractivity contribution in [2.75, 3.05) is 12.4 Å². The molecule has 1 saturated heterocycles. The molecular weight excluding hydrogens is 432 g/mol. The summed E-state index contributed by atoms with van der Waals surface area (Å²) in [5.74, 6) is -0.796. The van der Waals surface area contributed by atoms with E-state index in [9.17, 15) is 19.5 Å². The van der Waals surface area contributed by atoms with Gasteiger partial charge in [-0.3, -0.25) is 14.9 Å². The number of nitrogens with zero attached hydrogens (tertiary/aromatic N) is 2. The van der Waals surface area contributed by atoms with Gasteiger partial charge in [0.2, 0.25) is 11.8 Å². The summed E-state index contributed by atoms with van der Waals surface area (Å²) in [4.78, 5) is 37.9. The van der Waals surface area contributed by atoms with Gasteiger partial charge in [0, 0.05) is 47.7 Å². The van der Waals surface area contributed by atoms with Crippen LogP contribution in [0.3, 0.4) is 0 Å². The van der Waals surface area contributed by atoms with Crippen LogP contribution in [0.5, 0.6) is 5.88 Å². The van der Waals surface area contributed by atoms with E-state index in [1.54, 1.807) is 37.5 Å². The molecule has 2 aromatic carbocycles. The van der Waals surface area contributed by atoms with Gasteiger partial charge < -0.3 is 19.9 Å². The molecule has 1 unspecified atom stereocenters. The van der Waals surface area contributed by atoms with E-state index in [2.05, 4.69) is 10.6 Å². The summed E-state index contributed by atoms with van der Waals surface area (Å²) in [5.41, 5.74) is 2.32. The number of hydrogen-bond donors (Lipinski definition) is 3. The zero-order valence-corrected chi connectivity index (χ0v) is 18.4. The number of rotatable bonds is 4. The highest BCUT2D eigenvalue weighted by molar-refractivity contribution is 6.31. The summed E-state index contributed by atoms with van der Waals surface area (Å²) < 4.78 is 1.49. The molecule has 1 atom stereocenters. The zero-order chi connectivity index (χ0) is 23.0. The molecule has 8 nitrogen and oxygen atoms in total. The third kappa shape index (κ3) is 4.13. The lowest BCUT2D eigenvalue weighted by atomic mass is 10.1. The van der Waals surface area contributed by atoms with Crippen molar-refractivity contribution >= 4 is 45.9 Å². The summed E-state index contributed by atoms with van der Waals surface area (Å²) >= 11 is 6.13. The Morgan fingerprint density at radius 2 is 2.06 bits per heavy atom. The van der Waals surface area contributed by atoms with E-state index >= 15 is 0 Å². The first-order chi connectivity index (χ1) is 15.2. The number of carbonyl (C=O) groups excluding carboxylic acids is 3. The second-order valence-corrected chi connectivity index (χ2v) is 8.36. The van der Waals surface area contributed by atoms with E-state index in [1.165, 1.54) is 9.47 Å². The maximum atomic E-state index is 12.7. The Kier molecular flexibility index (Phi) is 5.80. The predicted molar refractivity (Wildman–Crippen MR) is 122 cm³/mol. The van der Waals surface area contributed by atoms with Crippen LogP contribution >= 0.6 is 11.6 Å². The van der Waals surface area contributed by atoms with E-state index in [0.29, 0.717) is 22.5 Å². The van der Waals surface area contributed by atoms with Gasteiger partial charge in [0.15, 0.2) is 5.88 Å². The lowest BCUT2D eigenvalue weighted by Crippen LogP contribution is -2.41. The lowest BCUT2D eigenvalue weighted by Gasteiger charge is -2.22. The van der Waals surface area contributed by atoms with Gasteiger partial charge in [0.05, 0.1) is 0 Å². The number of anilines is 1. The first-order valence-corrected chi connectivity index (χ1v) is 10.6. The van der Waals surface area contributed by atoms with E-state index in [1.807, 2.05) is 19.1 Å². The molecule has 4 amide bonds. The number of amides is 4. The highest BCUT2D eigenvalue weighted by atomic mass is 35.5. The molecule has 1 aliphatic rings. The summed E-state index contributed by atoms with van der Waals surface area (Å²) in [6, 6.07) is 9.74. The number of hydrogen-bond acceptors (Lipinski definition) is 4. The van der Waals surface area contributed by atoms with Crippen LogP contribution in [-0.2, 0) is 16.1 Å². The molecule has 2 heterocycles. The highest BCUT2D eigenvalue weighted by Crippen LogP contribution is 2.35. The van der Waals surface area contributed by atoms with Crippen LogP contribution in [0.4, 0.5) is 10.5 Å². The lowest BCUT2D eigenvalue weighted by molar-refractivity contribution is -0.135. The molecule has 32 heavy (non-hydrogen) atoms. The third-order valence-corrected chi connectivity index (χ3v) is 6.08. The van der Waals surface area contributed by atoms with Gasteiger partial charge in [-0.15, -0.1) is 0 Å². The number of urea groups is 1. The van der Waals surface area contributed by atoms with E-state index in [-0.39, 0.29) is 30.8 Å². The number of fused-ring (bicyclic) bond motifs is 1. The molecule has 4 rings (SSSR count). The molecule has 0 radical (unpaired) electrons. The number of piperidine rings is 1. The zero-order valence-electron chi connectivity index (χ0n) is 17.7. The standard InChI is InChI=1S/C23H23ClN4O4/c1-13-6-7-15(10-18(13)24)25-23(32)27(2)11-14-4-3-5-16-17(14)12-28(22(16)31)19-8-9-20(29)26-21(19)30/h3-7,10,12,19,31H,8-9,11H2,1-2H3,(H,25,32)(H,26,29,30). The first kappa shape index (κ1) is 21.7. The average molecular weight is 455 g/mol. The van der Waals surface area contributed by atoms with Crippen LogP contribution < -0.4 is 10.6 Å². The minimum atomic E-state index is -0.666. The maximum absolute atomic E-state index is 12.7. The van der Waals surface area contributed by atoms with Gasteiger partial charge >= 0.3 is 6.03 Å². The van der Waals surface area contributed by atoms with Crippen LogP contribution in [0, 0.1) is 6.92 Å². The SMILES string of the molecule is Cc1ccc(NC(=O)N(C)Cc2cccc3c(O)n(C4CCC(=O)NC4=O)cc23)cc1Cl. The first-order valence-electron chi connectivity index (χ1n) is 10.2. The van der Waals surface area contributed by atoms with Crippen LogP contribution in [0.2, 0.25) is 5.02 Å². The fraction of sp³-hybridized carbons (Fsp3) is 0.261. The molecule has 0 saturated carbocycles. The predicted octanol–water partition coefficient (Wildman–Crippen LogP) is 3.95. The van der Waals surface area contributed by atoms with Crippen molar-refractivity contribution in [2.45, 2.75) is 32.4 Å². The van der Waals surface area contributed by atoms with Crippen molar-refractivity contribution in [3.05, 3.63) is 58.7 Å². The van der Waals surface area contributed by atoms with E-state index < -0.39 is 11.9 Å². The molecule has 0 spiro atoms. The molecule has 1 fully saturated rings. The fourth-order valence-electron chi connectivity index (χ4n) is 3.84. The minimum absolute atomic E-state index is 0.0437. The van der Waals surface area contributed by atoms with Crippen molar-refractivity contribution in [3.8, 4) is 5.88 Å². The van der Waals surface area contributed by atoms with E-state index in [4.69, 9.17) is 11.6 Å². The summed E-state index contributed by atoms with van der Waals surface area (Å²) in [5, 5.41) is 17.7. The number of nitrogens with one attached hydrogen (secondary N) is 2. The van der Waals surface area contributed by atoms with Crippen molar-refractivity contribution in [2.24, 2.45) is 0 Å². The van der Waals surface area contributed by atoms with Gasteiger partial charge in [-0.05, 0) is 42.7 Å². The number of benzene rings is 2. The normalized spacial score (nSPS) is 16.2. The Morgan fingerprint density at radius 3 is 2.78 bits per heavy atom. The van der Waals surface area contributed by atoms with Crippen molar-refractivity contribution < 1.29 is 19.5 Å². The quantitative estimate of drug-likeness (QED) is 0.519. The topological polar surface area (TPSA) is 104 Å². The number of halogens is 1. The summed E-state index contributed by atoms with van der Waals surface area (Å²) in [6.07, 6.45) is 2.23. The Labute approximate surface area is 189 Å². The number of aromatic hydroxyl groups is 1. The molecular formula is C23H23ClN4O4. The summed E-state index contributed by atoms with van der Waals surface area (Å²) in [7, 11) is 1.67. The number of imide groups is 1. The molecule has 0 bridgehead atoms. The molecule has 1 aliphatic heterocycles. The maximum Gasteiger partial charge on any atom is 0.321 e. The smallest absolute Gasteiger partial charge is 0.321 e. The Morgan fingerprint density at radius 1 is 1.28 bits per heavy atom. The fourth-order valence-corrected chi connectivity index (χ4v) is 4.02. The molecule has 9 heteroatoms. The minimum Gasteiger partial charge on any atom is -0.494 e. The van der Waals surface area contributed by atoms with Crippen molar-refractivity contribution in [1.82, 2.24) is 14.8 Å². The Hall–Kier alpha value is -3.52. The molecule has 166 valence electrons. The van der Waals surface area contributed by atoms with Gasteiger partial charge in [-0.25, -0.2) is 4.79 Å².